The van der Waals surface area contributed by atoms with Crippen molar-refractivity contribution in [2.24, 2.45) is 0 Å². The highest BCUT2D eigenvalue weighted by Gasteiger charge is 2.13. The van der Waals surface area contributed by atoms with Gasteiger partial charge in [0.2, 0.25) is 0 Å². The number of anilines is 2. The van der Waals surface area contributed by atoms with Crippen LogP contribution in [0.5, 0.6) is 0 Å². The molecule has 1 aromatic carbocycles. The summed E-state index contributed by atoms with van der Waals surface area (Å²) in [5.41, 5.74) is 2.00. The van der Waals surface area contributed by atoms with E-state index in [9.17, 15) is 4.79 Å². The lowest BCUT2D eigenvalue weighted by Crippen LogP contribution is -2.26. The number of hydrogen-bond donors (Lipinski definition) is 2. The van der Waals surface area contributed by atoms with Crippen LogP contribution in [0.25, 0.3) is 0 Å². The molecule has 2 N–H and O–H groups in total. The summed E-state index contributed by atoms with van der Waals surface area (Å²) >= 11 is 0. The number of hydrogen-bond acceptors (Lipinski definition) is 4. The second-order valence-electron chi connectivity index (χ2n) is 5.95. The standard InChI is InChI=1S/C17H18N4O/c1-17(2,3)21-14-8-13(10-19-11-14)16(22)20-15-7-5-4-6-12(15)9-18/h4-8,10-11,21H,1-3H3,(H,20,22). The van der Waals surface area contributed by atoms with E-state index in [0.29, 0.717) is 16.8 Å². The lowest BCUT2D eigenvalue weighted by Gasteiger charge is -2.22. The van der Waals surface area contributed by atoms with Gasteiger partial charge in [0.1, 0.15) is 6.07 Å². The van der Waals surface area contributed by atoms with E-state index in [2.05, 4.69) is 21.7 Å². The van der Waals surface area contributed by atoms with Crippen LogP contribution in [0.4, 0.5) is 11.4 Å². The van der Waals surface area contributed by atoms with Gasteiger partial charge in [0.15, 0.2) is 0 Å². The Labute approximate surface area is 130 Å². The van der Waals surface area contributed by atoms with E-state index >= 15 is 0 Å². The number of benzene rings is 1. The Kier molecular flexibility index (Phi) is 4.42. The van der Waals surface area contributed by atoms with Crippen LogP contribution in [0.15, 0.2) is 42.7 Å². The highest BCUT2D eigenvalue weighted by Crippen LogP contribution is 2.18. The molecule has 5 nitrogen and oxygen atoms in total. The number of aromatic nitrogens is 1. The summed E-state index contributed by atoms with van der Waals surface area (Å²) in [5, 5.41) is 15.1. The molecule has 0 bridgehead atoms. The zero-order valence-corrected chi connectivity index (χ0v) is 12.8. The molecule has 0 aliphatic heterocycles. The fourth-order valence-corrected chi connectivity index (χ4v) is 1.95. The van der Waals surface area contributed by atoms with Gasteiger partial charge in [-0.15, -0.1) is 0 Å². The van der Waals surface area contributed by atoms with Gasteiger partial charge >= 0.3 is 0 Å². The molecular weight excluding hydrogens is 276 g/mol. The van der Waals surface area contributed by atoms with Crippen molar-refractivity contribution < 1.29 is 4.79 Å². The van der Waals surface area contributed by atoms with E-state index in [4.69, 9.17) is 5.26 Å². The first-order valence-electron chi connectivity index (χ1n) is 6.93. The minimum absolute atomic E-state index is 0.121. The van der Waals surface area contributed by atoms with E-state index in [1.807, 2.05) is 20.8 Å². The largest absolute Gasteiger partial charge is 0.379 e. The summed E-state index contributed by atoms with van der Waals surface area (Å²) in [4.78, 5) is 16.4. The Bertz CT molecular complexity index is 726. The van der Waals surface area contributed by atoms with E-state index < -0.39 is 0 Å². The SMILES string of the molecule is CC(C)(C)Nc1cncc(C(=O)Nc2ccccc2C#N)c1. The molecule has 5 heteroatoms. The van der Waals surface area contributed by atoms with Crippen LogP contribution in [-0.4, -0.2) is 16.4 Å². The number of nitrogens with zero attached hydrogens (tertiary/aromatic N) is 2. The first-order valence-corrected chi connectivity index (χ1v) is 6.93. The molecule has 1 amide bonds. The average molecular weight is 294 g/mol. The number of rotatable bonds is 3. The molecule has 0 aliphatic rings. The van der Waals surface area contributed by atoms with Gasteiger partial charge in [0.05, 0.1) is 22.5 Å². The van der Waals surface area contributed by atoms with Crippen LogP contribution in [0.1, 0.15) is 36.7 Å². The summed E-state index contributed by atoms with van der Waals surface area (Å²) < 4.78 is 0. The molecule has 0 fully saturated rings. The van der Waals surface area contributed by atoms with Crippen molar-refractivity contribution in [2.45, 2.75) is 26.3 Å². The maximum atomic E-state index is 12.3. The number of carbonyl (C=O) groups excluding carboxylic acids is 1. The van der Waals surface area contributed by atoms with Crippen molar-refractivity contribution in [3.05, 3.63) is 53.9 Å². The van der Waals surface area contributed by atoms with Gasteiger partial charge in [0, 0.05) is 17.9 Å². The Hall–Kier alpha value is -2.87. The van der Waals surface area contributed by atoms with Crippen molar-refractivity contribution in [3.8, 4) is 6.07 Å². The molecule has 2 rings (SSSR count). The maximum absolute atomic E-state index is 12.3. The molecule has 0 saturated heterocycles. The van der Waals surface area contributed by atoms with Crippen molar-refractivity contribution in [1.29, 1.82) is 5.26 Å². The number of nitriles is 1. The van der Waals surface area contributed by atoms with Gasteiger partial charge in [-0.2, -0.15) is 5.26 Å². The number of nitrogens with one attached hydrogen (secondary N) is 2. The predicted octanol–water partition coefficient (Wildman–Crippen LogP) is 3.42. The molecule has 1 aromatic heterocycles. The zero-order valence-electron chi connectivity index (χ0n) is 12.8. The van der Waals surface area contributed by atoms with E-state index in [-0.39, 0.29) is 11.4 Å². The molecule has 0 radical (unpaired) electrons. The molecule has 112 valence electrons. The zero-order chi connectivity index (χ0) is 16.2. The maximum Gasteiger partial charge on any atom is 0.257 e. The molecule has 0 spiro atoms. The minimum Gasteiger partial charge on any atom is -0.379 e. The van der Waals surface area contributed by atoms with Gasteiger partial charge in [-0.3, -0.25) is 9.78 Å². The van der Waals surface area contributed by atoms with Crippen LogP contribution in [0.3, 0.4) is 0 Å². The normalized spacial score (nSPS) is 10.6. The van der Waals surface area contributed by atoms with Crippen molar-refractivity contribution >= 4 is 17.3 Å². The number of para-hydroxylation sites is 1. The third-order valence-electron chi connectivity index (χ3n) is 2.82. The van der Waals surface area contributed by atoms with E-state index in [1.165, 1.54) is 6.20 Å². The summed E-state index contributed by atoms with van der Waals surface area (Å²) in [6.45, 7) is 6.09. The highest BCUT2D eigenvalue weighted by atomic mass is 16.1. The van der Waals surface area contributed by atoms with Gasteiger partial charge in [-0.1, -0.05) is 12.1 Å². The second-order valence-corrected chi connectivity index (χ2v) is 5.95. The Morgan fingerprint density at radius 1 is 1.23 bits per heavy atom. The molecule has 0 atom stereocenters. The summed E-state index contributed by atoms with van der Waals surface area (Å²) in [6.07, 6.45) is 3.17. The number of pyridine rings is 1. The summed E-state index contributed by atoms with van der Waals surface area (Å²) in [7, 11) is 0. The van der Waals surface area contributed by atoms with Crippen molar-refractivity contribution in [3.63, 3.8) is 0 Å². The summed E-state index contributed by atoms with van der Waals surface area (Å²) in [5.74, 6) is -0.298. The highest BCUT2D eigenvalue weighted by molar-refractivity contribution is 6.05. The third kappa shape index (κ3) is 4.06. The first-order chi connectivity index (χ1) is 10.4. The monoisotopic (exact) mass is 294 g/mol. The van der Waals surface area contributed by atoms with Crippen molar-refractivity contribution in [2.75, 3.05) is 10.6 Å². The Balaban J connectivity index is 2.20. The van der Waals surface area contributed by atoms with Crippen LogP contribution in [0, 0.1) is 11.3 Å². The molecule has 22 heavy (non-hydrogen) atoms. The number of amides is 1. The second kappa shape index (κ2) is 6.27. The topological polar surface area (TPSA) is 77.8 Å². The van der Waals surface area contributed by atoms with Crippen molar-refractivity contribution in [1.82, 2.24) is 4.98 Å². The lowest BCUT2D eigenvalue weighted by atomic mass is 10.1. The lowest BCUT2D eigenvalue weighted by molar-refractivity contribution is 0.102. The summed E-state index contributed by atoms with van der Waals surface area (Å²) in [6, 6.07) is 10.7. The molecule has 0 saturated carbocycles. The molecule has 0 unspecified atom stereocenters. The smallest absolute Gasteiger partial charge is 0.257 e. The Morgan fingerprint density at radius 3 is 2.64 bits per heavy atom. The van der Waals surface area contributed by atoms with Crippen LogP contribution in [-0.2, 0) is 0 Å². The molecule has 2 aromatic rings. The fourth-order valence-electron chi connectivity index (χ4n) is 1.95. The third-order valence-corrected chi connectivity index (χ3v) is 2.82. The average Bonchev–Trinajstić information content (AvgIpc) is 2.46. The van der Waals surface area contributed by atoms with Gasteiger partial charge in [-0.05, 0) is 39.0 Å². The van der Waals surface area contributed by atoms with Crippen LogP contribution >= 0.6 is 0 Å². The Morgan fingerprint density at radius 2 is 1.95 bits per heavy atom. The van der Waals surface area contributed by atoms with E-state index in [0.717, 1.165) is 5.69 Å². The van der Waals surface area contributed by atoms with Crippen LogP contribution < -0.4 is 10.6 Å². The van der Waals surface area contributed by atoms with Crippen LogP contribution in [0.2, 0.25) is 0 Å². The molecular formula is C17H18N4O. The molecule has 0 aliphatic carbocycles. The minimum atomic E-state index is -0.298. The predicted molar refractivity (Wildman–Crippen MR) is 86.7 cm³/mol. The first kappa shape index (κ1) is 15.5. The van der Waals surface area contributed by atoms with Gasteiger partial charge in [0.25, 0.3) is 5.91 Å². The van der Waals surface area contributed by atoms with Gasteiger partial charge < -0.3 is 10.6 Å². The quantitative estimate of drug-likeness (QED) is 0.909. The fraction of sp³-hybridized carbons (Fsp3) is 0.235. The van der Waals surface area contributed by atoms with Gasteiger partial charge in [-0.25, -0.2) is 0 Å². The molecule has 1 heterocycles. The number of carbonyl (C=O) groups is 1. The van der Waals surface area contributed by atoms with E-state index in [1.54, 1.807) is 36.5 Å².